The first-order valence-electron chi connectivity index (χ1n) is 6.02. The number of rotatable bonds is 2. The summed E-state index contributed by atoms with van der Waals surface area (Å²) in [4.78, 5) is 12.2. The van der Waals surface area contributed by atoms with Gasteiger partial charge in [-0.15, -0.1) is 0 Å². The van der Waals surface area contributed by atoms with Gasteiger partial charge in [-0.05, 0) is 43.2 Å². The Morgan fingerprint density at radius 1 is 1.20 bits per heavy atom. The zero-order valence-corrected chi connectivity index (χ0v) is 12.6. The van der Waals surface area contributed by atoms with Gasteiger partial charge in [0, 0.05) is 11.3 Å². The molecule has 104 valence electrons. The number of hydrogen-bond acceptors (Lipinski definition) is 2. The summed E-state index contributed by atoms with van der Waals surface area (Å²) in [6.45, 7) is 3.94. The molecule has 3 N–H and O–H groups in total. The van der Waals surface area contributed by atoms with Gasteiger partial charge >= 0.3 is 0 Å². The third-order valence-corrected chi connectivity index (χ3v) is 3.99. The van der Waals surface area contributed by atoms with E-state index in [0.29, 0.717) is 5.56 Å². The van der Waals surface area contributed by atoms with Crippen molar-refractivity contribution < 1.29 is 4.79 Å². The zero-order valence-electron chi connectivity index (χ0n) is 11.1. The molecule has 0 saturated heterocycles. The number of nitrogens with two attached hydrogens (primary N) is 1. The van der Waals surface area contributed by atoms with Crippen LogP contribution in [-0.4, -0.2) is 5.91 Å². The van der Waals surface area contributed by atoms with Crippen LogP contribution in [-0.2, 0) is 0 Å². The maximum absolute atomic E-state index is 12.2. The lowest BCUT2D eigenvalue weighted by Gasteiger charge is -2.11. The van der Waals surface area contributed by atoms with Crippen molar-refractivity contribution >= 4 is 40.5 Å². The molecule has 0 aliphatic rings. The molecule has 0 saturated carbocycles. The van der Waals surface area contributed by atoms with Gasteiger partial charge in [-0.25, -0.2) is 0 Å². The quantitative estimate of drug-likeness (QED) is 0.806. The fourth-order valence-electron chi connectivity index (χ4n) is 1.82. The molecule has 0 radical (unpaired) electrons. The van der Waals surface area contributed by atoms with Crippen LogP contribution in [0.5, 0.6) is 0 Å². The van der Waals surface area contributed by atoms with E-state index in [4.69, 9.17) is 28.9 Å². The van der Waals surface area contributed by atoms with Crippen LogP contribution >= 0.6 is 23.2 Å². The van der Waals surface area contributed by atoms with Crippen LogP contribution in [0.2, 0.25) is 10.0 Å². The number of amides is 1. The molecule has 2 aromatic carbocycles. The Bertz CT molecular complexity index is 661. The van der Waals surface area contributed by atoms with Gasteiger partial charge in [-0.3, -0.25) is 4.79 Å². The fraction of sp³-hybridized carbons (Fsp3) is 0.133. The Morgan fingerprint density at radius 3 is 2.55 bits per heavy atom. The molecule has 0 aromatic heterocycles. The molecule has 2 rings (SSSR count). The molecule has 0 bridgehead atoms. The summed E-state index contributed by atoms with van der Waals surface area (Å²) in [5.41, 5.74) is 9.26. The molecule has 0 aliphatic heterocycles. The summed E-state index contributed by atoms with van der Waals surface area (Å²) in [5, 5.41) is 3.37. The van der Waals surface area contributed by atoms with E-state index in [2.05, 4.69) is 5.32 Å². The molecule has 0 atom stereocenters. The van der Waals surface area contributed by atoms with E-state index in [-0.39, 0.29) is 21.6 Å². The number of aryl methyl sites for hydroxylation is 1. The zero-order chi connectivity index (χ0) is 14.9. The number of hydrogen-bond donors (Lipinski definition) is 2. The van der Waals surface area contributed by atoms with Gasteiger partial charge in [-0.2, -0.15) is 0 Å². The number of carbonyl (C=O) groups excluding carboxylic acids is 1. The lowest BCUT2D eigenvalue weighted by atomic mass is 10.1. The van der Waals surface area contributed by atoms with Gasteiger partial charge in [-0.1, -0.05) is 35.3 Å². The van der Waals surface area contributed by atoms with Crippen LogP contribution < -0.4 is 11.1 Å². The average molecular weight is 309 g/mol. The van der Waals surface area contributed by atoms with E-state index in [1.165, 1.54) is 12.1 Å². The summed E-state index contributed by atoms with van der Waals surface area (Å²) >= 11 is 11.8. The van der Waals surface area contributed by atoms with Crippen LogP contribution in [0.15, 0.2) is 30.3 Å². The molecule has 0 unspecified atom stereocenters. The van der Waals surface area contributed by atoms with Crippen molar-refractivity contribution in [2.24, 2.45) is 0 Å². The van der Waals surface area contributed by atoms with Gasteiger partial charge in [0.05, 0.1) is 15.7 Å². The molecule has 0 heterocycles. The Morgan fingerprint density at radius 2 is 1.90 bits per heavy atom. The normalized spacial score (nSPS) is 10.4. The number of nitrogen functional groups attached to an aromatic ring is 1. The monoisotopic (exact) mass is 308 g/mol. The summed E-state index contributed by atoms with van der Waals surface area (Å²) in [5.74, 6) is -0.274. The van der Waals surface area contributed by atoms with E-state index in [1.54, 1.807) is 0 Å². The predicted molar refractivity (Wildman–Crippen MR) is 84.7 cm³/mol. The van der Waals surface area contributed by atoms with Crippen LogP contribution in [0.25, 0.3) is 0 Å². The van der Waals surface area contributed by atoms with Crippen molar-refractivity contribution in [3.05, 3.63) is 57.1 Å². The highest BCUT2D eigenvalue weighted by atomic mass is 35.5. The minimum Gasteiger partial charge on any atom is -0.397 e. The highest BCUT2D eigenvalue weighted by molar-refractivity contribution is 6.44. The number of nitrogens with one attached hydrogen (secondary N) is 1. The van der Waals surface area contributed by atoms with Crippen molar-refractivity contribution in [1.82, 2.24) is 0 Å². The van der Waals surface area contributed by atoms with E-state index in [9.17, 15) is 4.79 Å². The lowest BCUT2D eigenvalue weighted by Crippen LogP contribution is -2.13. The minimum absolute atomic E-state index is 0.259. The maximum Gasteiger partial charge on any atom is 0.255 e. The standard InChI is InChI=1S/C15H14Cl2N2O/c1-8-4-3-5-13(9(8)2)19-15(20)10-6-11(16)14(17)12(18)7-10/h3-7H,18H2,1-2H3,(H,19,20). The molecular formula is C15H14Cl2N2O. The molecule has 0 aliphatic carbocycles. The topological polar surface area (TPSA) is 55.1 Å². The number of carbonyl (C=O) groups is 1. The van der Waals surface area contributed by atoms with Crippen LogP contribution in [0.1, 0.15) is 21.5 Å². The van der Waals surface area contributed by atoms with Crippen molar-refractivity contribution in [2.75, 3.05) is 11.1 Å². The number of halogens is 2. The molecule has 3 nitrogen and oxygen atoms in total. The van der Waals surface area contributed by atoms with Gasteiger partial charge in [0.25, 0.3) is 5.91 Å². The second-order valence-corrected chi connectivity index (χ2v) is 5.35. The molecule has 2 aromatic rings. The second-order valence-electron chi connectivity index (χ2n) is 4.56. The van der Waals surface area contributed by atoms with E-state index < -0.39 is 0 Å². The highest BCUT2D eigenvalue weighted by Crippen LogP contribution is 2.30. The van der Waals surface area contributed by atoms with Crippen molar-refractivity contribution in [1.29, 1.82) is 0 Å². The smallest absolute Gasteiger partial charge is 0.255 e. The summed E-state index contributed by atoms with van der Waals surface area (Å²) in [6, 6.07) is 8.74. The second kappa shape index (κ2) is 5.73. The summed E-state index contributed by atoms with van der Waals surface area (Å²) in [7, 11) is 0. The first-order valence-corrected chi connectivity index (χ1v) is 6.78. The fourth-order valence-corrected chi connectivity index (χ4v) is 2.16. The maximum atomic E-state index is 12.2. The number of anilines is 2. The van der Waals surface area contributed by atoms with Gasteiger partial charge in [0.2, 0.25) is 0 Å². The Labute approximate surface area is 127 Å². The molecular weight excluding hydrogens is 295 g/mol. The SMILES string of the molecule is Cc1cccc(NC(=O)c2cc(N)c(Cl)c(Cl)c2)c1C. The van der Waals surface area contributed by atoms with Crippen molar-refractivity contribution in [3.8, 4) is 0 Å². The van der Waals surface area contributed by atoms with Gasteiger partial charge in [0.15, 0.2) is 0 Å². The Hall–Kier alpha value is -1.71. The summed E-state index contributed by atoms with van der Waals surface area (Å²) < 4.78 is 0. The molecule has 5 heteroatoms. The van der Waals surface area contributed by atoms with E-state index in [1.807, 2.05) is 32.0 Å². The first kappa shape index (κ1) is 14.7. The molecule has 0 spiro atoms. The van der Waals surface area contributed by atoms with Crippen molar-refractivity contribution in [3.63, 3.8) is 0 Å². The van der Waals surface area contributed by atoms with Gasteiger partial charge < -0.3 is 11.1 Å². The minimum atomic E-state index is -0.274. The van der Waals surface area contributed by atoms with Crippen LogP contribution in [0.3, 0.4) is 0 Å². The van der Waals surface area contributed by atoms with E-state index in [0.717, 1.165) is 16.8 Å². The molecule has 0 fully saturated rings. The highest BCUT2D eigenvalue weighted by Gasteiger charge is 2.12. The van der Waals surface area contributed by atoms with Crippen molar-refractivity contribution in [2.45, 2.75) is 13.8 Å². The largest absolute Gasteiger partial charge is 0.397 e. The van der Waals surface area contributed by atoms with Crippen LogP contribution in [0, 0.1) is 13.8 Å². The first-order chi connectivity index (χ1) is 9.40. The van der Waals surface area contributed by atoms with Crippen LogP contribution in [0.4, 0.5) is 11.4 Å². The summed E-state index contributed by atoms with van der Waals surface area (Å²) in [6.07, 6.45) is 0. The molecule has 1 amide bonds. The third-order valence-electron chi connectivity index (χ3n) is 3.17. The Balaban J connectivity index is 2.31. The third kappa shape index (κ3) is 2.89. The number of benzene rings is 2. The van der Waals surface area contributed by atoms with E-state index >= 15 is 0 Å². The molecule has 20 heavy (non-hydrogen) atoms. The average Bonchev–Trinajstić information content (AvgIpc) is 2.40. The predicted octanol–water partition coefficient (Wildman–Crippen LogP) is 4.44. The lowest BCUT2D eigenvalue weighted by molar-refractivity contribution is 0.102. The van der Waals surface area contributed by atoms with Gasteiger partial charge in [0.1, 0.15) is 0 Å². The Kier molecular flexibility index (Phi) is 4.21.